The van der Waals surface area contributed by atoms with Gasteiger partial charge in [-0.2, -0.15) is 0 Å². The number of carbonyl (C=O) groups excluding carboxylic acids is 1. The molecule has 0 spiro atoms. The minimum absolute atomic E-state index is 0.310. The van der Waals surface area contributed by atoms with Gasteiger partial charge in [0.1, 0.15) is 11.5 Å². The molecule has 1 aromatic carbocycles. The predicted molar refractivity (Wildman–Crippen MR) is 62.9 cm³/mol. The summed E-state index contributed by atoms with van der Waals surface area (Å²) in [6.45, 7) is 0. The number of methoxy groups -OCH3 is 2. The smallest absolute Gasteiger partial charge is 0.347 e. The summed E-state index contributed by atoms with van der Waals surface area (Å²) in [6, 6.07) is 4.57. The van der Waals surface area contributed by atoms with Crippen LogP contribution in [-0.2, 0) is 9.59 Å². The Kier molecular flexibility index (Phi) is 4.96. The fourth-order valence-electron chi connectivity index (χ4n) is 1.12. The summed E-state index contributed by atoms with van der Waals surface area (Å²) >= 11 is 0.475. The maximum Gasteiger partial charge on any atom is 0.347 e. The van der Waals surface area contributed by atoms with Crippen LogP contribution in [0, 0.1) is 0 Å². The summed E-state index contributed by atoms with van der Waals surface area (Å²) in [6.07, 6.45) is -2.55. The molecule has 7 heteroatoms. The molecule has 0 aliphatic rings. The zero-order valence-corrected chi connectivity index (χ0v) is 10.5. The molecule has 1 rings (SSSR count). The van der Waals surface area contributed by atoms with Gasteiger partial charge < -0.3 is 14.6 Å². The molecule has 0 aliphatic carbocycles. The lowest BCUT2D eigenvalue weighted by atomic mass is 10.3. The average molecular weight is 274 g/mol. The molecule has 0 heterocycles. The zero-order valence-electron chi connectivity index (χ0n) is 9.68. The molecule has 0 saturated heterocycles. The van der Waals surface area contributed by atoms with Gasteiger partial charge in [-0.1, -0.05) is 0 Å². The standard InChI is InChI=1S/C11H11FO5S/c1-16-6-3-4-8(7(5-6)17-2)18-11(15)9(12)10(13)14/h3-5,9H,1-2H3,(H,13,14). The Hall–Kier alpha value is -1.76. The number of benzene rings is 1. The van der Waals surface area contributed by atoms with Crippen molar-refractivity contribution in [1.29, 1.82) is 0 Å². The fraction of sp³-hybridized carbons (Fsp3) is 0.273. The van der Waals surface area contributed by atoms with Crippen molar-refractivity contribution in [1.82, 2.24) is 0 Å². The maximum absolute atomic E-state index is 13.0. The van der Waals surface area contributed by atoms with Gasteiger partial charge in [0.15, 0.2) is 0 Å². The third kappa shape index (κ3) is 3.36. The highest BCUT2D eigenvalue weighted by Gasteiger charge is 2.27. The van der Waals surface area contributed by atoms with Crippen LogP contribution in [-0.4, -0.2) is 36.6 Å². The molecule has 18 heavy (non-hydrogen) atoms. The van der Waals surface area contributed by atoms with E-state index in [9.17, 15) is 14.0 Å². The summed E-state index contributed by atoms with van der Waals surface area (Å²) in [4.78, 5) is 21.9. The first-order valence-corrected chi connectivity index (χ1v) is 5.61. The first kappa shape index (κ1) is 14.3. The Labute approximate surface area is 107 Å². The Bertz CT molecular complexity index is 463. The van der Waals surface area contributed by atoms with Gasteiger partial charge in [0, 0.05) is 6.07 Å². The number of rotatable bonds is 5. The van der Waals surface area contributed by atoms with Gasteiger partial charge in [-0.15, -0.1) is 0 Å². The van der Waals surface area contributed by atoms with Crippen LogP contribution in [0.4, 0.5) is 4.39 Å². The third-order valence-electron chi connectivity index (χ3n) is 2.01. The number of thioether (sulfide) groups is 1. The molecule has 1 unspecified atom stereocenters. The van der Waals surface area contributed by atoms with Crippen LogP contribution in [0.25, 0.3) is 0 Å². The Morgan fingerprint density at radius 1 is 1.33 bits per heavy atom. The van der Waals surface area contributed by atoms with Crippen LogP contribution < -0.4 is 9.47 Å². The van der Waals surface area contributed by atoms with Crippen molar-refractivity contribution in [3.05, 3.63) is 18.2 Å². The number of carboxylic acids is 1. The second kappa shape index (κ2) is 6.25. The molecule has 98 valence electrons. The minimum Gasteiger partial charge on any atom is -0.497 e. The molecular formula is C11H11FO5S. The van der Waals surface area contributed by atoms with E-state index in [0.29, 0.717) is 28.2 Å². The topological polar surface area (TPSA) is 72.8 Å². The van der Waals surface area contributed by atoms with Crippen LogP contribution in [0.15, 0.2) is 23.1 Å². The van der Waals surface area contributed by atoms with Gasteiger partial charge in [-0.25, -0.2) is 9.18 Å². The van der Waals surface area contributed by atoms with E-state index in [0.717, 1.165) is 0 Å². The molecule has 0 saturated carbocycles. The van der Waals surface area contributed by atoms with E-state index in [4.69, 9.17) is 14.6 Å². The predicted octanol–water partition coefficient (Wildman–Crippen LogP) is 1.75. The first-order valence-electron chi connectivity index (χ1n) is 4.80. The maximum atomic E-state index is 13.0. The molecule has 0 fully saturated rings. The fourth-order valence-corrected chi connectivity index (χ4v) is 1.92. The normalized spacial score (nSPS) is 11.7. The highest BCUT2D eigenvalue weighted by molar-refractivity contribution is 8.14. The quantitative estimate of drug-likeness (QED) is 0.651. The molecule has 0 bridgehead atoms. The molecule has 0 aliphatic heterocycles. The summed E-state index contributed by atoms with van der Waals surface area (Å²) < 4.78 is 22.9. The number of carboxylic acid groups (broad SMARTS) is 1. The lowest BCUT2D eigenvalue weighted by Crippen LogP contribution is -2.22. The van der Waals surface area contributed by atoms with Crippen molar-refractivity contribution in [3.8, 4) is 11.5 Å². The average Bonchev–Trinajstić information content (AvgIpc) is 2.37. The molecule has 0 amide bonds. The highest BCUT2D eigenvalue weighted by Crippen LogP contribution is 2.33. The summed E-state index contributed by atoms with van der Waals surface area (Å²) in [7, 11) is 2.85. The molecule has 0 aromatic heterocycles. The number of alkyl halides is 1. The molecule has 1 N–H and O–H groups in total. The van der Waals surface area contributed by atoms with Crippen molar-refractivity contribution < 1.29 is 28.6 Å². The Morgan fingerprint density at radius 2 is 2.00 bits per heavy atom. The lowest BCUT2D eigenvalue weighted by molar-refractivity contribution is -0.145. The van der Waals surface area contributed by atoms with E-state index in [1.54, 1.807) is 6.07 Å². The van der Waals surface area contributed by atoms with Gasteiger partial charge in [0.25, 0.3) is 6.17 Å². The molecule has 1 aromatic rings. The van der Waals surface area contributed by atoms with Gasteiger partial charge in [0.2, 0.25) is 5.12 Å². The first-order chi connectivity index (χ1) is 8.49. The monoisotopic (exact) mass is 274 g/mol. The zero-order chi connectivity index (χ0) is 13.7. The molecule has 1 atom stereocenters. The number of halogens is 1. The Morgan fingerprint density at radius 3 is 2.50 bits per heavy atom. The highest BCUT2D eigenvalue weighted by atomic mass is 32.2. The second-order valence-electron chi connectivity index (χ2n) is 3.14. The summed E-state index contributed by atoms with van der Waals surface area (Å²) in [5.74, 6) is -0.982. The summed E-state index contributed by atoms with van der Waals surface area (Å²) in [5, 5.41) is 7.27. The summed E-state index contributed by atoms with van der Waals surface area (Å²) in [5.41, 5.74) is 0. The third-order valence-corrected chi connectivity index (χ3v) is 2.97. The largest absolute Gasteiger partial charge is 0.497 e. The van der Waals surface area contributed by atoms with Crippen molar-refractivity contribution >= 4 is 22.8 Å². The van der Waals surface area contributed by atoms with Crippen LogP contribution >= 0.6 is 11.8 Å². The van der Waals surface area contributed by atoms with Gasteiger partial charge >= 0.3 is 5.97 Å². The minimum atomic E-state index is -2.55. The number of ether oxygens (including phenoxy) is 2. The van der Waals surface area contributed by atoms with Crippen molar-refractivity contribution in [2.45, 2.75) is 11.1 Å². The van der Waals surface area contributed by atoms with Crippen LogP contribution in [0.2, 0.25) is 0 Å². The van der Waals surface area contributed by atoms with Crippen molar-refractivity contribution in [2.24, 2.45) is 0 Å². The van der Waals surface area contributed by atoms with Gasteiger partial charge in [-0.3, -0.25) is 4.79 Å². The van der Waals surface area contributed by atoms with Gasteiger partial charge in [-0.05, 0) is 23.9 Å². The molecular weight excluding hydrogens is 263 g/mol. The van der Waals surface area contributed by atoms with Crippen LogP contribution in [0.5, 0.6) is 11.5 Å². The van der Waals surface area contributed by atoms with E-state index >= 15 is 0 Å². The van der Waals surface area contributed by atoms with E-state index in [-0.39, 0.29) is 0 Å². The van der Waals surface area contributed by atoms with Crippen LogP contribution in [0.1, 0.15) is 0 Å². The van der Waals surface area contributed by atoms with E-state index in [2.05, 4.69) is 0 Å². The van der Waals surface area contributed by atoms with Crippen LogP contribution in [0.3, 0.4) is 0 Å². The SMILES string of the molecule is COc1ccc(SC(=O)C(F)C(=O)O)c(OC)c1. The molecule has 5 nitrogen and oxygen atoms in total. The number of carbonyl (C=O) groups is 2. The molecule has 0 radical (unpaired) electrons. The van der Waals surface area contributed by atoms with E-state index in [1.165, 1.54) is 26.4 Å². The van der Waals surface area contributed by atoms with Crippen molar-refractivity contribution in [2.75, 3.05) is 14.2 Å². The number of hydrogen-bond donors (Lipinski definition) is 1. The van der Waals surface area contributed by atoms with Gasteiger partial charge in [0.05, 0.1) is 19.1 Å². The van der Waals surface area contributed by atoms with E-state index in [1.807, 2.05) is 0 Å². The Balaban J connectivity index is 2.90. The second-order valence-corrected chi connectivity index (χ2v) is 4.18. The number of aliphatic carboxylic acids is 1. The lowest BCUT2D eigenvalue weighted by Gasteiger charge is -2.09. The number of hydrogen-bond acceptors (Lipinski definition) is 5. The van der Waals surface area contributed by atoms with E-state index < -0.39 is 17.3 Å². The van der Waals surface area contributed by atoms with Crippen molar-refractivity contribution in [3.63, 3.8) is 0 Å².